The lowest BCUT2D eigenvalue weighted by molar-refractivity contribution is -0.138. The van der Waals surface area contributed by atoms with Crippen LogP contribution in [0.2, 0.25) is 0 Å². The van der Waals surface area contributed by atoms with E-state index in [1.54, 1.807) is 4.90 Å². The highest BCUT2D eigenvalue weighted by molar-refractivity contribution is 7.89. The molecule has 1 saturated heterocycles. The second-order valence-corrected chi connectivity index (χ2v) is 11.8. The number of nitrogens with zero attached hydrogens (tertiary/aromatic N) is 3. The Labute approximate surface area is 256 Å². The molecule has 1 heterocycles. The number of ether oxygens (including phenoxy) is 1. The maximum atomic E-state index is 14.7. The molecule has 46 heavy (non-hydrogen) atoms. The summed E-state index contributed by atoms with van der Waals surface area (Å²) in [7, 11) is -4.82. The van der Waals surface area contributed by atoms with Crippen LogP contribution in [0.15, 0.2) is 47.4 Å². The fourth-order valence-electron chi connectivity index (χ4n) is 4.68. The van der Waals surface area contributed by atoms with Crippen molar-refractivity contribution in [3.8, 4) is 0 Å². The lowest BCUT2D eigenvalue weighted by Crippen LogP contribution is -2.43. The van der Waals surface area contributed by atoms with Gasteiger partial charge in [0.25, 0.3) is 0 Å². The van der Waals surface area contributed by atoms with E-state index in [0.717, 1.165) is 36.2 Å². The van der Waals surface area contributed by atoms with Crippen molar-refractivity contribution in [2.45, 2.75) is 17.6 Å². The van der Waals surface area contributed by atoms with Crippen LogP contribution in [0.5, 0.6) is 0 Å². The zero-order valence-electron chi connectivity index (χ0n) is 23.5. The van der Waals surface area contributed by atoms with E-state index in [0.29, 0.717) is 6.07 Å². The largest absolute Gasteiger partial charge is 0.478 e. The Bertz CT molecular complexity index is 1750. The molecule has 0 atom stereocenters. The molecule has 3 aromatic carbocycles. The number of likely N-dealkylation sites (N-methyl/N-ethyl adjacent to an activating group) is 1. The topological polar surface area (TPSA) is 107 Å². The van der Waals surface area contributed by atoms with E-state index in [4.69, 9.17) is 4.74 Å². The third-order valence-electron chi connectivity index (χ3n) is 7.06. The Morgan fingerprint density at radius 2 is 1.48 bits per heavy atom. The molecule has 0 saturated carbocycles. The van der Waals surface area contributed by atoms with E-state index >= 15 is 0 Å². The molecule has 18 heteroatoms. The molecule has 0 unspecified atom stereocenters. The smallest absolute Gasteiger partial charge is 0.416 e. The van der Waals surface area contributed by atoms with Gasteiger partial charge < -0.3 is 19.6 Å². The summed E-state index contributed by atoms with van der Waals surface area (Å²) in [5.74, 6) is -16.1. The molecule has 3 aromatic rings. The van der Waals surface area contributed by atoms with Crippen molar-refractivity contribution in [3.63, 3.8) is 0 Å². The van der Waals surface area contributed by atoms with Gasteiger partial charge in [-0.3, -0.25) is 4.79 Å². The van der Waals surface area contributed by atoms with E-state index in [-0.39, 0.29) is 47.5 Å². The number of carbonyl (C=O) groups is 2. The maximum Gasteiger partial charge on any atom is 0.416 e. The number of halogens is 8. The number of carboxylic acids is 1. The summed E-state index contributed by atoms with van der Waals surface area (Å²) in [6.45, 7) is -1.90. The van der Waals surface area contributed by atoms with Crippen molar-refractivity contribution >= 4 is 33.3 Å². The van der Waals surface area contributed by atoms with E-state index in [1.165, 1.54) is 12.1 Å². The van der Waals surface area contributed by atoms with Gasteiger partial charge in [-0.15, -0.1) is 0 Å². The van der Waals surface area contributed by atoms with Gasteiger partial charge >= 0.3 is 12.1 Å². The highest BCUT2D eigenvalue weighted by atomic mass is 32.2. The van der Waals surface area contributed by atoms with Crippen LogP contribution in [0.4, 0.5) is 46.5 Å². The van der Waals surface area contributed by atoms with Crippen molar-refractivity contribution < 1.29 is 63.0 Å². The number of alkyl halides is 3. The van der Waals surface area contributed by atoms with Gasteiger partial charge in [0.05, 0.1) is 42.3 Å². The quantitative estimate of drug-likeness (QED) is 0.197. The van der Waals surface area contributed by atoms with E-state index < -0.39 is 86.3 Å². The molecule has 248 valence electrons. The predicted molar refractivity (Wildman–Crippen MR) is 145 cm³/mol. The highest BCUT2D eigenvalue weighted by Crippen LogP contribution is 2.36. The van der Waals surface area contributed by atoms with Crippen LogP contribution in [-0.2, 0) is 32.3 Å². The molecule has 4 rings (SSSR count). The van der Waals surface area contributed by atoms with Gasteiger partial charge in [-0.2, -0.15) is 17.5 Å². The molecule has 0 radical (unpaired) electrons. The summed E-state index contributed by atoms with van der Waals surface area (Å²) < 4.78 is 145. The van der Waals surface area contributed by atoms with Gasteiger partial charge in [0, 0.05) is 26.7 Å². The third-order valence-corrected chi connectivity index (χ3v) is 8.87. The number of morpholine rings is 1. The number of aromatic carboxylic acids is 1. The number of carbonyl (C=O) groups excluding carboxylic acids is 1. The van der Waals surface area contributed by atoms with E-state index in [9.17, 15) is 58.2 Å². The first-order valence-electron chi connectivity index (χ1n) is 13.1. The van der Waals surface area contributed by atoms with Gasteiger partial charge in [0.1, 0.15) is 0 Å². The van der Waals surface area contributed by atoms with Crippen LogP contribution < -0.4 is 9.80 Å². The van der Waals surface area contributed by atoms with Crippen molar-refractivity contribution in [1.29, 1.82) is 0 Å². The van der Waals surface area contributed by atoms with E-state index in [2.05, 4.69) is 0 Å². The molecular weight excluding hydrogens is 658 g/mol. The zero-order valence-corrected chi connectivity index (χ0v) is 24.4. The monoisotopic (exact) mass is 681 g/mol. The van der Waals surface area contributed by atoms with Crippen LogP contribution in [-0.4, -0.2) is 69.6 Å². The summed E-state index contributed by atoms with van der Waals surface area (Å²) in [6, 6.07) is 6.94. The number of rotatable bonds is 9. The van der Waals surface area contributed by atoms with Gasteiger partial charge in [0.15, 0.2) is 28.2 Å². The molecule has 1 fully saturated rings. The van der Waals surface area contributed by atoms with Crippen LogP contribution >= 0.6 is 0 Å². The standard InChI is InChI=1S/C28H23F8N3O6S/c1-37(18-7-6-15(27(41)42)12-19(18)38-8-10-45-11-9-38)20(40)14-39(13-16-4-2-3-5-17(16)28(34,35)36)46(43,44)26-24(32)22(30)21(29)23(31)25(26)33/h2-7,12H,8-11,13-14H2,1H3,(H,41,42). The van der Waals surface area contributed by atoms with Crippen molar-refractivity contribution in [1.82, 2.24) is 4.31 Å². The number of hydrogen-bond acceptors (Lipinski definition) is 6. The fraction of sp³-hybridized carbons (Fsp3) is 0.286. The first kappa shape index (κ1) is 34.6. The number of benzene rings is 3. The molecule has 9 nitrogen and oxygen atoms in total. The van der Waals surface area contributed by atoms with Crippen LogP contribution in [0.1, 0.15) is 21.5 Å². The number of sulfonamides is 1. The van der Waals surface area contributed by atoms with Gasteiger partial charge in [-0.25, -0.2) is 35.2 Å². The van der Waals surface area contributed by atoms with Crippen LogP contribution in [0.3, 0.4) is 0 Å². The number of amides is 1. The Hall–Kier alpha value is -4.29. The number of hydrogen-bond donors (Lipinski definition) is 1. The Balaban J connectivity index is 1.82. The molecule has 0 aromatic heterocycles. The Kier molecular flexibility index (Phi) is 9.93. The normalized spacial score (nSPS) is 14.1. The van der Waals surface area contributed by atoms with Crippen molar-refractivity contribution in [3.05, 3.63) is 88.2 Å². The lowest BCUT2D eigenvalue weighted by atomic mass is 10.1. The second-order valence-electron chi connectivity index (χ2n) is 9.89. The molecule has 1 amide bonds. The SMILES string of the molecule is CN(C(=O)CN(Cc1ccccc1C(F)(F)F)S(=O)(=O)c1c(F)c(F)c(F)c(F)c1F)c1ccc(C(=O)O)cc1N1CCOCC1. The molecule has 1 aliphatic heterocycles. The van der Waals surface area contributed by atoms with Crippen LogP contribution in [0.25, 0.3) is 0 Å². The number of anilines is 2. The minimum atomic E-state index is -5.93. The van der Waals surface area contributed by atoms with Crippen LogP contribution in [0, 0.1) is 29.1 Å². The minimum absolute atomic E-state index is 0.00109. The first-order chi connectivity index (χ1) is 21.5. The summed E-state index contributed by atoms with van der Waals surface area (Å²) >= 11 is 0. The number of carboxylic acid groups (broad SMARTS) is 1. The summed E-state index contributed by atoms with van der Waals surface area (Å²) in [5.41, 5.74) is -2.22. The average Bonchev–Trinajstić information content (AvgIpc) is 3.01. The zero-order chi connectivity index (χ0) is 34.1. The van der Waals surface area contributed by atoms with Gasteiger partial charge in [-0.05, 0) is 29.8 Å². The Morgan fingerprint density at radius 1 is 0.913 bits per heavy atom. The average molecular weight is 682 g/mol. The molecule has 0 spiro atoms. The molecule has 1 N–H and O–H groups in total. The summed E-state index contributed by atoms with van der Waals surface area (Å²) in [4.78, 5) is 25.3. The van der Waals surface area contributed by atoms with Gasteiger partial charge in [0.2, 0.25) is 21.7 Å². The molecule has 0 bridgehead atoms. The molecule has 0 aliphatic carbocycles. The third kappa shape index (κ3) is 6.78. The first-order valence-corrected chi connectivity index (χ1v) is 14.5. The van der Waals surface area contributed by atoms with Gasteiger partial charge in [-0.1, -0.05) is 18.2 Å². The second kappa shape index (κ2) is 13.2. The maximum absolute atomic E-state index is 14.7. The lowest BCUT2D eigenvalue weighted by Gasteiger charge is -2.33. The van der Waals surface area contributed by atoms with Crippen molar-refractivity contribution in [2.75, 3.05) is 49.7 Å². The fourth-order valence-corrected chi connectivity index (χ4v) is 6.16. The van der Waals surface area contributed by atoms with Crippen molar-refractivity contribution in [2.24, 2.45) is 0 Å². The van der Waals surface area contributed by atoms with E-state index in [1.807, 2.05) is 0 Å². The summed E-state index contributed by atoms with van der Waals surface area (Å²) in [5, 5.41) is 9.47. The summed E-state index contributed by atoms with van der Waals surface area (Å²) in [6.07, 6.45) is -5.07. The highest BCUT2D eigenvalue weighted by Gasteiger charge is 2.40. The predicted octanol–water partition coefficient (Wildman–Crippen LogP) is 4.79. The Morgan fingerprint density at radius 3 is 2.04 bits per heavy atom. The molecule has 1 aliphatic rings. The minimum Gasteiger partial charge on any atom is -0.478 e. The molecular formula is C28H23F8N3O6S.